The maximum Gasteiger partial charge on any atom is 0.244 e. The standard InChI is InChI=1S/C20H19N3O/c21-13-16-3-5-17(6-4-16)14-23-20(24)10-8-15-7-9-19-18(12-15)2-1-11-22-19/h1-12H,13-14,21H2,(H,23,24). The Morgan fingerprint density at radius 3 is 2.67 bits per heavy atom. The van der Waals surface area contributed by atoms with Gasteiger partial charge in [-0.2, -0.15) is 0 Å². The topological polar surface area (TPSA) is 68.0 Å². The highest BCUT2D eigenvalue weighted by Crippen LogP contribution is 2.14. The fraction of sp³-hybridized carbons (Fsp3) is 0.100. The molecule has 0 aliphatic rings. The predicted octanol–water partition coefficient (Wildman–Crippen LogP) is 3.02. The number of nitrogens with one attached hydrogen (secondary N) is 1. The van der Waals surface area contributed by atoms with Crippen molar-refractivity contribution in [1.29, 1.82) is 0 Å². The first-order valence-electron chi connectivity index (χ1n) is 7.83. The number of benzene rings is 2. The quantitative estimate of drug-likeness (QED) is 0.711. The van der Waals surface area contributed by atoms with E-state index < -0.39 is 0 Å². The van der Waals surface area contributed by atoms with E-state index in [0.29, 0.717) is 13.1 Å². The molecule has 4 heteroatoms. The molecule has 0 radical (unpaired) electrons. The van der Waals surface area contributed by atoms with Gasteiger partial charge in [0.05, 0.1) is 5.52 Å². The fourth-order valence-electron chi connectivity index (χ4n) is 2.41. The summed E-state index contributed by atoms with van der Waals surface area (Å²) in [7, 11) is 0. The Morgan fingerprint density at radius 2 is 1.88 bits per heavy atom. The van der Waals surface area contributed by atoms with E-state index in [4.69, 9.17) is 5.73 Å². The molecule has 0 fully saturated rings. The van der Waals surface area contributed by atoms with Crippen LogP contribution >= 0.6 is 0 Å². The molecule has 0 aliphatic carbocycles. The summed E-state index contributed by atoms with van der Waals surface area (Å²) in [5.41, 5.74) is 9.61. The number of aromatic nitrogens is 1. The SMILES string of the molecule is NCc1ccc(CNC(=O)C=Cc2ccc3ncccc3c2)cc1. The van der Waals surface area contributed by atoms with Crippen LogP contribution in [0.25, 0.3) is 17.0 Å². The zero-order valence-corrected chi connectivity index (χ0v) is 13.3. The Bertz CT molecular complexity index is 869. The van der Waals surface area contributed by atoms with Crippen LogP contribution < -0.4 is 11.1 Å². The number of carbonyl (C=O) groups excluding carboxylic acids is 1. The lowest BCUT2D eigenvalue weighted by Crippen LogP contribution is -2.20. The second-order valence-corrected chi connectivity index (χ2v) is 5.53. The highest BCUT2D eigenvalue weighted by molar-refractivity contribution is 5.92. The van der Waals surface area contributed by atoms with Crippen molar-refractivity contribution in [3.63, 3.8) is 0 Å². The molecule has 0 unspecified atom stereocenters. The van der Waals surface area contributed by atoms with Gasteiger partial charge in [0.1, 0.15) is 0 Å². The predicted molar refractivity (Wildman–Crippen MR) is 97.0 cm³/mol. The van der Waals surface area contributed by atoms with Crippen LogP contribution in [0.2, 0.25) is 0 Å². The van der Waals surface area contributed by atoms with Crippen LogP contribution in [0, 0.1) is 0 Å². The minimum Gasteiger partial charge on any atom is -0.348 e. The molecule has 120 valence electrons. The number of hydrogen-bond acceptors (Lipinski definition) is 3. The molecule has 4 nitrogen and oxygen atoms in total. The molecule has 3 aromatic rings. The molecule has 1 amide bonds. The van der Waals surface area contributed by atoms with Gasteiger partial charge in [-0.3, -0.25) is 9.78 Å². The maximum atomic E-state index is 11.9. The van der Waals surface area contributed by atoms with Crippen molar-refractivity contribution in [2.45, 2.75) is 13.1 Å². The third-order valence-electron chi connectivity index (χ3n) is 3.78. The number of nitrogens with zero attached hydrogens (tertiary/aromatic N) is 1. The number of carbonyl (C=O) groups is 1. The van der Waals surface area contributed by atoms with Gasteiger partial charge in [-0.25, -0.2) is 0 Å². The molecule has 0 saturated carbocycles. The van der Waals surface area contributed by atoms with Gasteiger partial charge >= 0.3 is 0 Å². The molecule has 2 aromatic carbocycles. The number of nitrogens with two attached hydrogens (primary N) is 1. The first-order chi connectivity index (χ1) is 11.7. The normalized spacial score (nSPS) is 11.0. The lowest BCUT2D eigenvalue weighted by atomic mass is 10.1. The lowest BCUT2D eigenvalue weighted by molar-refractivity contribution is -0.116. The molecule has 3 rings (SSSR count). The fourth-order valence-corrected chi connectivity index (χ4v) is 2.41. The molecular formula is C20H19N3O. The Morgan fingerprint density at radius 1 is 1.08 bits per heavy atom. The van der Waals surface area contributed by atoms with Gasteiger partial charge < -0.3 is 11.1 Å². The van der Waals surface area contributed by atoms with Crippen molar-refractivity contribution in [1.82, 2.24) is 10.3 Å². The average molecular weight is 317 g/mol. The third kappa shape index (κ3) is 4.06. The van der Waals surface area contributed by atoms with E-state index in [0.717, 1.165) is 27.6 Å². The largest absolute Gasteiger partial charge is 0.348 e. The highest BCUT2D eigenvalue weighted by atomic mass is 16.1. The van der Waals surface area contributed by atoms with Crippen molar-refractivity contribution in [3.8, 4) is 0 Å². The van der Waals surface area contributed by atoms with Crippen LogP contribution in [0.4, 0.5) is 0 Å². The molecule has 1 heterocycles. The average Bonchev–Trinajstić information content (AvgIpc) is 2.65. The van der Waals surface area contributed by atoms with Crippen molar-refractivity contribution in [2.24, 2.45) is 5.73 Å². The third-order valence-corrected chi connectivity index (χ3v) is 3.78. The van der Waals surface area contributed by atoms with Crippen molar-refractivity contribution in [3.05, 3.63) is 83.6 Å². The summed E-state index contributed by atoms with van der Waals surface area (Å²) in [6, 6.07) is 17.7. The van der Waals surface area contributed by atoms with Crippen LogP contribution in [0.1, 0.15) is 16.7 Å². The van der Waals surface area contributed by atoms with Gasteiger partial charge in [-0.05, 0) is 41.0 Å². The van der Waals surface area contributed by atoms with E-state index in [9.17, 15) is 4.79 Å². The summed E-state index contributed by atoms with van der Waals surface area (Å²) < 4.78 is 0. The van der Waals surface area contributed by atoms with Gasteiger partial charge in [-0.15, -0.1) is 0 Å². The van der Waals surface area contributed by atoms with E-state index in [1.165, 1.54) is 0 Å². The number of pyridine rings is 1. The minimum absolute atomic E-state index is 0.121. The van der Waals surface area contributed by atoms with E-state index in [2.05, 4.69) is 10.3 Å². The molecule has 1 aromatic heterocycles. The second-order valence-electron chi connectivity index (χ2n) is 5.53. The first kappa shape index (κ1) is 15.9. The molecule has 0 bridgehead atoms. The van der Waals surface area contributed by atoms with E-state index >= 15 is 0 Å². The van der Waals surface area contributed by atoms with Gasteiger partial charge in [0.15, 0.2) is 0 Å². The van der Waals surface area contributed by atoms with Crippen LogP contribution in [0.3, 0.4) is 0 Å². The molecular weight excluding hydrogens is 298 g/mol. The van der Waals surface area contributed by atoms with Gasteiger partial charge in [0.2, 0.25) is 5.91 Å². The van der Waals surface area contributed by atoms with E-state index in [1.807, 2.05) is 54.6 Å². The molecule has 0 aliphatic heterocycles. The molecule has 0 spiro atoms. The smallest absolute Gasteiger partial charge is 0.244 e. The molecule has 3 N–H and O–H groups in total. The Kier molecular flexibility index (Phi) is 4.99. The van der Waals surface area contributed by atoms with E-state index in [-0.39, 0.29) is 5.91 Å². The lowest BCUT2D eigenvalue weighted by Gasteiger charge is -2.04. The number of rotatable bonds is 5. The number of hydrogen-bond donors (Lipinski definition) is 2. The summed E-state index contributed by atoms with van der Waals surface area (Å²) in [4.78, 5) is 16.2. The van der Waals surface area contributed by atoms with Crippen LogP contribution in [-0.4, -0.2) is 10.9 Å². The second kappa shape index (κ2) is 7.53. The minimum atomic E-state index is -0.121. The van der Waals surface area contributed by atoms with Crippen LogP contribution in [-0.2, 0) is 17.9 Å². The van der Waals surface area contributed by atoms with Crippen molar-refractivity contribution in [2.75, 3.05) is 0 Å². The van der Waals surface area contributed by atoms with Crippen LogP contribution in [0.15, 0.2) is 66.9 Å². The van der Waals surface area contributed by atoms with Crippen molar-refractivity contribution < 1.29 is 4.79 Å². The Labute approximate surface area is 141 Å². The van der Waals surface area contributed by atoms with Gasteiger partial charge in [0.25, 0.3) is 0 Å². The zero-order chi connectivity index (χ0) is 16.8. The van der Waals surface area contributed by atoms with Crippen molar-refractivity contribution >= 4 is 22.9 Å². The maximum absolute atomic E-state index is 11.9. The summed E-state index contributed by atoms with van der Waals surface area (Å²) in [5.74, 6) is -0.121. The molecule has 0 atom stereocenters. The monoisotopic (exact) mass is 317 g/mol. The highest BCUT2D eigenvalue weighted by Gasteiger charge is 1.98. The summed E-state index contributed by atoms with van der Waals surface area (Å²) in [6.07, 6.45) is 5.12. The summed E-state index contributed by atoms with van der Waals surface area (Å²) in [6.45, 7) is 1.02. The Balaban J connectivity index is 1.59. The zero-order valence-electron chi connectivity index (χ0n) is 13.3. The summed E-state index contributed by atoms with van der Waals surface area (Å²) in [5, 5.41) is 3.93. The Hall–Kier alpha value is -2.98. The number of fused-ring (bicyclic) bond motifs is 1. The molecule has 24 heavy (non-hydrogen) atoms. The van der Waals surface area contributed by atoms with Gasteiger partial charge in [-0.1, -0.05) is 36.4 Å². The summed E-state index contributed by atoms with van der Waals surface area (Å²) >= 11 is 0. The first-order valence-corrected chi connectivity index (χ1v) is 7.83. The molecule has 0 saturated heterocycles. The van der Waals surface area contributed by atoms with E-state index in [1.54, 1.807) is 18.3 Å². The number of amides is 1. The van der Waals surface area contributed by atoms with Crippen LogP contribution in [0.5, 0.6) is 0 Å². The van der Waals surface area contributed by atoms with Gasteiger partial charge in [0, 0.05) is 30.7 Å².